The lowest BCUT2D eigenvalue weighted by Crippen LogP contribution is -2.13. The number of ether oxygens (including phenoxy) is 2. The summed E-state index contributed by atoms with van der Waals surface area (Å²) >= 11 is 0. The number of rotatable bonds is 5. The summed E-state index contributed by atoms with van der Waals surface area (Å²) < 4.78 is 11.1. The Morgan fingerprint density at radius 1 is 0.846 bits per heavy atom. The molecule has 4 nitrogen and oxygen atoms in total. The summed E-state index contributed by atoms with van der Waals surface area (Å²) in [4.78, 5) is 12.5. The van der Waals surface area contributed by atoms with Crippen LogP contribution in [0.2, 0.25) is 0 Å². The van der Waals surface area contributed by atoms with E-state index in [9.17, 15) is 4.79 Å². The van der Waals surface area contributed by atoms with Gasteiger partial charge in [0.05, 0.1) is 7.11 Å². The highest BCUT2D eigenvalue weighted by atomic mass is 16.5. The number of aryl methyl sites for hydroxylation is 1. The molecule has 0 saturated heterocycles. The molecule has 3 aromatic carbocycles. The van der Waals surface area contributed by atoms with Crippen LogP contribution in [0.1, 0.15) is 21.5 Å². The van der Waals surface area contributed by atoms with Crippen LogP contribution in [-0.4, -0.2) is 13.0 Å². The quantitative estimate of drug-likeness (QED) is 0.676. The van der Waals surface area contributed by atoms with Crippen LogP contribution in [0.4, 0.5) is 5.69 Å². The molecule has 0 heterocycles. The van der Waals surface area contributed by atoms with Gasteiger partial charge in [0.1, 0.15) is 5.75 Å². The predicted octanol–water partition coefficient (Wildman–Crippen LogP) is 5.36. The van der Waals surface area contributed by atoms with Gasteiger partial charge in [-0.1, -0.05) is 24.3 Å². The number of para-hydroxylation sites is 2. The molecule has 4 heteroatoms. The fraction of sp³-hybridized carbons (Fsp3) is 0.136. The van der Waals surface area contributed by atoms with Crippen molar-refractivity contribution in [2.45, 2.75) is 13.8 Å². The maximum Gasteiger partial charge on any atom is 0.255 e. The van der Waals surface area contributed by atoms with Crippen molar-refractivity contribution in [3.8, 4) is 17.2 Å². The fourth-order valence-corrected chi connectivity index (χ4v) is 2.63. The lowest BCUT2D eigenvalue weighted by molar-refractivity contribution is 0.102. The van der Waals surface area contributed by atoms with Gasteiger partial charge in [0, 0.05) is 11.3 Å². The molecule has 0 aliphatic heterocycles. The van der Waals surface area contributed by atoms with Crippen molar-refractivity contribution in [3.05, 3.63) is 83.4 Å². The minimum atomic E-state index is -0.121. The van der Waals surface area contributed by atoms with E-state index >= 15 is 0 Å². The summed E-state index contributed by atoms with van der Waals surface area (Å²) in [5.74, 6) is 1.85. The smallest absolute Gasteiger partial charge is 0.255 e. The molecule has 1 amide bonds. The van der Waals surface area contributed by atoms with Gasteiger partial charge in [-0.2, -0.15) is 0 Å². The molecule has 0 aromatic heterocycles. The maximum atomic E-state index is 12.5. The van der Waals surface area contributed by atoms with Gasteiger partial charge < -0.3 is 14.8 Å². The lowest BCUT2D eigenvalue weighted by atomic mass is 10.0. The monoisotopic (exact) mass is 347 g/mol. The molecule has 0 radical (unpaired) electrons. The second-order valence-electron chi connectivity index (χ2n) is 5.98. The van der Waals surface area contributed by atoms with Gasteiger partial charge in [0.15, 0.2) is 11.5 Å². The molecule has 132 valence electrons. The Hall–Kier alpha value is -3.27. The molecule has 0 aliphatic rings. The normalized spacial score (nSPS) is 10.3. The number of amides is 1. The van der Waals surface area contributed by atoms with Crippen molar-refractivity contribution < 1.29 is 14.3 Å². The largest absolute Gasteiger partial charge is 0.493 e. The third-order valence-corrected chi connectivity index (χ3v) is 4.26. The molecule has 3 rings (SSSR count). The fourth-order valence-electron chi connectivity index (χ4n) is 2.63. The van der Waals surface area contributed by atoms with Crippen molar-refractivity contribution >= 4 is 11.6 Å². The highest BCUT2D eigenvalue weighted by molar-refractivity contribution is 6.05. The molecular weight excluding hydrogens is 326 g/mol. The first-order valence-corrected chi connectivity index (χ1v) is 8.37. The van der Waals surface area contributed by atoms with E-state index in [-0.39, 0.29) is 5.91 Å². The molecule has 0 atom stereocenters. The van der Waals surface area contributed by atoms with E-state index < -0.39 is 0 Å². The molecule has 0 spiro atoms. The van der Waals surface area contributed by atoms with Crippen LogP contribution < -0.4 is 14.8 Å². The maximum absolute atomic E-state index is 12.5. The Labute approximate surface area is 153 Å². The Balaban J connectivity index is 1.71. The van der Waals surface area contributed by atoms with Gasteiger partial charge in [-0.25, -0.2) is 0 Å². The SMILES string of the molecule is COc1ccccc1Oc1ccc(NC(=O)c2cccc(C)c2C)cc1. The van der Waals surface area contributed by atoms with Crippen molar-refractivity contribution in [3.63, 3.8) is 0 Å². The van der Waals surface area contributed by atoms with Crippen LogP contribution in [0.15, 0.2) is 66.7 Å². The van der Waals surface area contributed by atoms with E-state index in [1.807, 2.05) is 80.6 Å². The molecule has 0 fully saturated rings. The Bertz CT molecular complexity index is 917. The average molecular weight is 347 g/mol. The highest BCUT2D eigenvalue weighted by Crippen LogP contribution is 2.31. The second-order valence-corrected chi connectivity index (χ2v) is 5.98. The van der Waals surface area contributed by atoms with Gasteiger partial charge in [-0.05, 0) is 67.4 Å². The standard InChI is InChI=1S/C22H21NO3/c1-15-7-6-8-19(16(15)2)22(24)23-17-11-13-18(14-12-17)26-21-10-5-4-9-20(21)25-3/h4-14H,1-3H3,(H,23,24). The van der Waals surface area contributed by atoms with Gasteiger partial charge in [0.2, 0.25) is 0 Å². The van der Waals surface area contributed by atoms with Gasteiger partial charge in [-0.3, -0.25) is 4.79 Å². The van der Waals surface area contributed by atoms with Gasteiger partial charge >= 0.3 is 0 Å². The van der Waals surface area contributed by atoms with Crippen molar-refractivity contribution in [1.82, 2.24) is 0 Å². The summed E-state index contributed by atoms with van der Waals surface area (Å²) in [6, 6.07) is 20.4. The lowest BCUT2D eigenvalue weighted by Gasteiger charge is -2.12. The molecule has 0 saturated carbocycles. The Morgan fingerprint density at radius 3 is 2.23 bits per heavy atom. The number of hydrogen-bond acceptors (Lipinski definition) is 3. The number of nitrogens with one attached hydrogen (secondary N) is 1. The van der Waals surface area contributed by atoms with Crippen LogP contribution >= 0.6 is 0 Å². The second kappa shape index (κ2) is 7.74. The number of carbonyl (C=O) groups is 1. The Kier molecular flexibility index (Phi) is 5.23. The van der Waals surface area contributed by atoms with Crippen LogP contribution in [0, 0.1) is 13.8 Å². The summed E-state index contributed by atoms with van der Waals surface area (Å²) in [7, 11) is 1.61. The summed E-state index contributed by atoms with van der Waals surface area (Å²) in [5, 5.41) is 2.92. The minimum absolute atomic E-state index is 0.121. The Morgan fingerprint density at radius 2 is 1.54 bits per heavy atom. The van der Waals surface area contributed by atoms with Crippen molar-refractivity contribution in [1.29, 1.82) is 0 Å². The molecule has 3 aromatic rings. The van der Waals surface area contributed by atoms with Crippen LogP contribution in [0.25, 0.3) is 0 Å². The van der Waals surface area contributed by atoms with Crippen LogP contribution in [-0.2, 0) is 0 Å². The predicted molar refractivity (Wildman–Crippen MR) is 103 cm³/mol. The average Bonchev–Trinajstić information content (AvgIpc) is 2.66. The molecule has 0 aliphatic carbocycles. The summed E-state index contributed by atoms with van der Waals surface area (Å²) in [5.41, 5.74) is 3.47. The van der Waals surface area contributed by atoms with E-state index in [1.165, 1.54) is 0 Å². The van der Waals surface area contributed by atoms with Crippen molar-refractivity contribution in [2.75, 3.05) is 12.4 Å². The van der Waals surface area contributed by atoms with E-state index in [0.717, 1.165) is 11.1 Å². The first-order chi connectivity index (χ1) is 12.6. The number of carbonyl (C=O) groups excluding carboxylic acids is 1. The number of hydrogen-bond donors (Lipinski definition) is 1. The molecule has 1 N–H and O–H groups in total. The van der Waals surface area contributed by atoms with E-state index in [1.54, 1.807) is 7.11 Å². The highest BCUT2D eigenvalue weighted by Gasteiger charge is 2.11. The molecule has 0 bridgehead atoms. The van der Waals surface area contributed by atoms with Crippen LogP contribution in [0.3, 0.4) is 0 Å². The molecule has 26 heavy (non-hydrogen) atoms. The zero-order valence-electron chi connectivity index (χ0n) is 15.1. The third-order valence-electron chi connectivity index (χ3n) is 4.26. The van der Waals surface area contributed by atoms with E-state index in [2.05, 4.69) is 5.32 Å². The van der Waals surface area contributed by atoms with E-state index in [4.69, 9.17) is 9.47 Å². The summed E-state index contributed by atoms with van der Waals surface area (Å²) in [6.07, 6.45) is 0. The minimum Gasteiger partial charge on any atom is -0.493 e. The number of benzene rings is 3. The van der Waals surface area contributed by atoms with Gasteiger partial charge in [0.25, 0.3) is 5.91 Å². The zero-order chi connectivity index (χ0) is 18.5. The third kappa shape index (κ3) is 3.86. The van der Waals surface area contributed by atoms with Gasteiger partial charge in [-0.15, -0.1) is 0 Å². The van der Waals surface area contributed by atoms with E-state index in [0.29, 0.717) is 28.5 Å². The number of anilines is 1. The van der Waals surface area contributed by atoms with Crippen molar-refractivity contribution in [2.24, 2.45) is 0 Å². The zero-order valence-corrected chi connectivity index (χ0v) is 15.1. The number of methoxy groups -OCH3 is 1. The molecular formula is C22H21NO3. The van der Waals surface area contributed by atoms with Crippen LogP contribution in [0.5, 0.6) is 17.2 Å². The molecule has 0 unspecified atom stereocenters. The topological polar surface area (TPSA) is 47.6 Å². The first-order valence-electron chi connectivity index (χ1n) is 8.37. The summed E-state index contributed by atoms with van der Waals surface area (Å²) in [6.45, 7) is 3.95. The first kappa shape index (κ1) is 17.5.